The van der Waals surface area contributed by atoms with Gasteiger partial charge < -0.3 is 19.5 Å². The monoisotopic (exact) mass is 763 g/mol. The van der Waals surface area contributed by atoms with Gasteiger partial charge in [0.25, 0.3) is 0 Å². The van der Waals surface area contributed by atoms with E-state index in [4.69, 9.17) is 4.74 Å². The van der Waals surface area contributed by atoms with Crippen molar-refractivity contribution in [3.05, 3.63) is 11.6 Å². The van der Waals surface area contributed by atoms with Gasteiger partial charge in [-0.1, -0.05) is 84.8 Å². The van der Waals surface area contributed by atoms with Crippen molar-refractivity contribution in [1.82, 2.24) is 19.6 Å². The molecule has 3 aliphatic heterocycles. The van der Waals surface area contributed by atoms with Crippen LogP contribution in [0.4, 0.5) is 0 Å². The van der Waals surface area contributed by atoms with Crippen molar-refractivity contribution in [2.75, 3.05) is 78.5 Å². The Hall–Kier alpha value is -1.32. The van der Waals surface area contributed by atoms with Crippen LogP contribution in [0.25, 0.3) is 0 Å². The van der Waals surface area contributed by atoms with Gasteiger partial charge in [-0.15, -0.1) is 0 Å². The van der Waals surface area contributed by atoms with Crippen molar-refractivity contribution in [3.63, 3.8) is 0 Å². The second-order valence-electron chi connectivity index (χ2n) is 21.2. The zero-order chi connectivity index (χ0) is 38.5. The van der Waals surface area contributed by atoms with Crippen molar-refractivity contribution < 1.29 is 19.4 Å². The molecule has 4 saturated carbocycles. The van der Waals surface area contributed by atoms with E-state index < -0.39 is 22.2 Å². The van der Waals surface area contributed by atoms with Gasteiger partial charge in [-0.05, 0) is 105 Å². The third-order valence-corrected chi connectivity index (χ3v) is 17.5. The van der Waals surface area contributed by atoms with Crippen LogP contribution >= 0.6 is 0 Å². The Morgan fingerprint density at radius 1 is 0.909 bits per heavy atom. The van der Waals surface area contributed by atoms with Gasteiger partial charge in [0.05, 0.1) is 17.6 Å². The van der Waals surface area contributed by atoms with Gasteiger partial charge in [0.2, 0.25) is 0 Å². The lowest BCUT2D eigenvalue weighted by Gasteiger charge is -2.60. The topological polar surface area (TPSA) is 76.6 Å². The van der Waals surface area contributed by atoms with Crippen molar-refractivity contribution in [3.8, 4) is 0 Å². The number of nitrogens with zero attached hydrogens (tertiary/aromatic N) is 4. The number of allylic oxidation sites excluding steroid dienone is 1. The Morgan fingerprint density at radius 3 is 2.22 bits per heavy atom. The van der Waals surface area contributed by atoms with E-state index in [9.17, 15) is 14.7 Å². The number of ether oxygens (including phenoxy) is 1. The lowest BCUT2D eigenvalue weighted by Crippen LogP contribution is -2.65. The highest BCUT2D eigenvalue weighted by molar-refractivity contribution is 5.90. The predicted molar refractivity (Wildman–Crippen MR) is 220 cm³/mol. The molecule has 8 rings (SSSR count). The lowest BCUT2D eigenvalue weighted by atomic mass is 9.41. The summed E-state index contributed by atoms with van der Waals surface area (Å²) < 4.78 is 7.62. The molecule has 3 heterocycles. The summed E-state index contributed by atoms with van der Waals surface area (Å²) in [5.74, 6) is 2.34. The van der Waals surface area contributed by atoms with Crippen molar-refractivity contribution in [2.45, 2.75) is 130 Å². The van der Waals surface area contributed by atoms with Crippen LogP contribution in [0.1, 0.15) is 118 Å². The molecule has 10 atom stereocenters. The van der Waals surface area contributed by atoms with E-state index >= 15 is 0 Å². The Kier molecular flexibility index (Phi) is 12.0. The first kappa shape index (κ1) is 40.5. The first-order chi connectivity index (χ1) is 26.5. The molecule has 0 spiro atoms. The molecule has 55 heavy (non-hydrogen) atoms. The zero-order valence-corrected chi connectivity index (χ0v) is 35.6. The van der Waals surface area contributed by atoms with E-state index in [1.807, 2.05) is 0 Å². The number of piperidine rings is 1. The highest BCUT2D eigenvalue weighted by Crippen LogP contribution is 2.84. The van der Waals surface area contributed by atoms with E-state index in [1.54, 1.807) is 0 Å². The smallest absolute Gasteiger partial charge is 0.315 e. The Labute approximate surface area is 334 Å². The number of piperazine rings is 1. The van der Waals surface area contributed by atoms with Crippen LogP contribution in [0.5, 0.6) is 0 Å². The molecule has 8 heteroatoms. The third kappa shape index (κ3) is 6.94. The van der Waals surface area contributed by atoms with Crippen LogP contribution < -0.4 is 0 Å². The number of carbonyl (C=O) groups excluding carboxylic acids is 1. The lowest BCUT2D eigenvalue weighted by molar-refractivity contribution is -0.197. The molecule has 7 fully saturated rings. The molecule has 0 aromatic rings. The average Bonchev–Trinajstić information content (AvgIpc) is 3.99. The summed E-state index contributed by atoms with van der Waals surface area (Å²) in [6.07, 6.45) is 18.9. The number of carbonyl (C=O) groups is 2. The number of likely N-dealkylation sites (tertiary alicyclic amines) is 1. The molecule has 310 valence electrons. The SMILES string of the molecule is CC(C)CN(CCN1CCN(CCN2CCCCC2)CC1)C[C@@H]1O[C@@H](C23C[C@@H]4[C@H](C)CC[C@H]4C4(C=O)CC2C=C(C(C)C)[C@]43C(=O)O)C[C@H]1CC1CCCC1. The van der Waals surface area contributed by atoms with Gasteiger partial charge in [-0.2, -0.15) is 0 Å². The molecule has 0 aromatic heterocycles. The molecule has 5 aliphatic carbocycles. The predicted octanol–water partition coefficient (Wildman–Crippen LogP) is 7.33. The van der Waals surface area contributed by atoms with Crippen LogP contribution in [-0.2, 0) is 14.3 Å². The van der Waals surface area contributed by atoms with Crippen molar-refractivity contribution in [1.29, 1.82) is 0 Å². The number of hydrogen-bond acceptors (Lipinski definition) is 7. The van der Waals surface area contributed by atoms with E-state index in [-0.39, 0.29) is 30.0 Å². The summed E-state index contributed by atoms with van der Waals surface area (Å²) in [5.41, 5.74) is -1.47. The van der Waals surface area contributed by atoms with Gasteiger partial charge in [-0.25, -0.2) is 0 Å². The van der Waals surface area contributed by atoms with E-state index in [2.05, 4.69) is 60.3 Å². The highest BCUT2D eigenvalue weighted by atomic mass is 16.5. The second kappa shape index (κ2) is 16.4. The first-order valence-corrected chi connectivity index (χ1v) is 23.5. The maximum absolute atomic E-state index is 14.3. The van der Waals surface area contributed by atoms with Crippen LogP contribution in [0.3, 0.4) is 0 Å². The van der Waals surface area contributed by atoms with Crippen LogP contribution in [0, 0.1) is 63.6 Å². The summed E-state index contributed by atoms with van der Waals surface area (Å²) in [6, 6.07) is 0. The summed E-state index contributed by atoms with van der Waals surface area (Å²) in [7, 11) is 0. The first-order valence-electron chi connectivity index (χ1n) is 23.5. The van der Waals surface area contributed by atoms with Crippen LogP contribution in [0.15, 0.2) is 11.6 Å². The third-order valence-electron chi connectivity index (χ3n) is 17.5. The van der Waals surface area contributed by atoms with Crippen molar-refractivity contribution >= 4 is 12.3 Å². The number of rotatable bonds is 16. The van der Waals surface area contributed by atoms with Crippen LogP contribution in [-0.4, -0.2) is 128 Å². The number of aldehydes is 1. The quantitative estimate of drug-likeness (QED) is 0.130. The molecular weight excluding hydrogens is 685 g/mol. The maximum atomic E-state index is 14.3. The molecule has 1 N–H and O–H groups in total. The Bertz CT molecular complexity index is 1380. The number of carboxylic acids is 1. The van der Waals surface area contributed by atoms with E-state index in [1.165, 1.54) is 96.9 Å². The fourth-order valence-electron chi connectivity index (χ4n) is 15.1. The number of carboxylic acid groups (broad SMARTS) is 1. The fourth-order valence-corrected chi connectivity index (χ4v) is 15.1. The molecular formula is C47H78N4O4. The minimum Gasteiger partial charge on any atom is -0.481 e. The zero-order valence-electron chi connectivity index (χ0n) is 35.6. The summed E-state index contributed by atoms with van der Waals surface area (Å²) in [6.45, 7) is 25.3. The number of hydrogen-bond donors (Lipinski definition) is 1. The Morgan fingerprint density at radius 2 is 1.58 bits per heavy atom. The van der Waals surface area contributed by atoms with Gasteiger partial charge in [0.15, 0.2) is 0 Å². The van der Waals surface area contributed by atoms with Gasteiger partial charge in [-0.3, -0.25) is 19.5 Å². The second-order valence-corrected chi connectivity index (χ2v) is 21.2. The van der Waals surface area contributed by atoms with Crippen molar-refractivity contribution in [2.24, 2.45) is 63.6 Å². The maximum Gasteiger partial charge on any atom is 0.315 e. The Balaban J connectivity index is 1.01. The van der Waals surface area contributed by atoms with E-state index in [0.717, 1.165) is 76.4 Å². The number of fused-ring (bicyclic) bond motifs is 2. The fraction of sp³-hybridized carbons (Fsp3) is 0.915. The van der Waals surface area contributed by atoms with Gasteiger partial charge in [0, 0.05) is 70.9 Å². The minimum absolute atomic E-state index is 0.0972. The summed E-state index contributed by atoms with van der Waals surface area (Å²) in [4.78, 5) is 38.9. The molecule has 0 aromatic carbocycles. The highest BCUT2D eigenvalue weighted by Gasteiger charge is 2.86. The molecule has 4 bridgehead atoms. The molecule has 3 saturated heterocycles. The minimum atomic E-state index is -1.16. The summed E-state index contributed by atoms with van der Waals surface area (Å²) >= 11 is 0. The molecule has 8 nitrogen and oxygen atoms in total. The molecule has 0 amide bonds. The average molecular weight is 763 g/mol. The molecule has 8 aliphatic rings. The molecule has 3 unspecified atom stereocenters. The van der Waals surface area contributed by atoms with Crippen LogP contribution in [0.2, 0.25) is 0 Å². The molecule has 0 radical (unpaired) electrons. The standard InChI is InChI=1S/C47H78N4O4/c1-33(2)30-51(24-23-50-21-19-49(20-22-50)18-17-48-15-9-6-10-16-48)31-42-37(25-36-11-7-8-12-36)26-43(55-42)46-29-39-35(5)13-14-40(39)45(32-52)28-38(46)27-41(34(3)4)47(45,46)44(53)54/h27,32-40,42-43H,6-26,28-31H2,1-5H3,(H,53,54)/t35-,37-,38?,39-,40-,42+,43-,45?,46?,47+/m1/s1. The largest absolute Gasteiger partial charge is 0.481 e. The normalized spacial score (nSPS) is 41.2. The van der Waals surface area contributed by atoms with Gasteiger partial charge in [0.1, 0.15) is 11.7 Å². The van der Waals surface area contributed by atoms with Gasteiger partial charge >= 0.3 is 5.97 Å². The number of aliphatic carboxylic acids is 1. The summed E-state index contributed by atoms with van der Waals surface area (Å²) in [5, 5.41) is 11.8. The van der Waals surface area contributed by atoms with E-state index in [0.29, 0.717) is 30.1 Å².